The highest BCUT2D eigenvalue weighted by atomic mass is 16.2. The number of nitrogens with one attached hydrogen (secondary N) is 4. The molecule has 6 aromatic rings. The van der Waals surface area contributed by atoms with Gasteiger partial charge in [-0.05, 0) is 72.7 Å². The summed E-state index contributed by atoms with van der Waals surface area (Å²) in [5.41, 5.74) is 7.48. The van der Waals surface area contributed by atoms with Crippen LogP contribution in [-0.4, -0.2) is 105 Å². The second-order valence-corrected chi connectivity index (χ2v) is 16.5. The van der Waals surface area contributed by atoms with Crippen molar-refractivity contribution >= 4 is 23.9 Å². The highest BCUT2D eigenvalue weighted by Crippen LogP contribution is 2.36. The predicted octanol–water partition coefficient (Wildman–Crippen LogP) is 7.22. The first kappa shape index (κ1) is 43.0. The maximum absolute atomic E-state index is 14.0. The molecule has 6 amide bonds. The fourth-order valence-electron chi connectivity index (χ4n) is 8.28. The number of carbonyl (C=O) groups excluding carboxylic acids is 4. The summed E-state index contributed by atoms with van der Waals surface area (Å²) < 4.78 is 0. The van der Waals surface area contributed by atoms with E-state index >= 15 is 0 Å². The monoisotopic (exact) mass is 856 g/mol. The van der Waals surface area contributed by atoms with Gasteiger partial charge in [0, 0.05) is 58.0 Å². The second kappa shape index (κ2) is 19.2. The Labute approximate surface area is 373 Å². The molecular formula is C50H52N10O4. The van der Waals surface area contributed by atoms with Crippen molar-refractivity contribution in [2.75, 3.05) is 41.3 Å². The van der Waals surface area contributed by atoms with E-state index in [2.05, 4.69) is 37.7 Å². The van der Waals surface area contributed by atoms with Gasteiger partial charge in [-0.25, -0.2) is 14.6 Å². The standard InChI is InChI=1S/C50H52N10O4/c1-57(2)49(63)53-44(37-13-7-5-8-14-37)47(61)59-29-11-17-42(59)40-31-39(55-56-40)35-25-21-33(22-26-35)19-20-34-23-27-36(28-24-34)41-32-51-46(52-41)43-18-12-30-60(43)48(62)45(54-50(64)58(3)4)38-15-9-6-10-16-38/h5-10,13-16,21-28,31-32,42-45H,11-12,17-18,29-30H2,1-4H3,(H,51,52)(H,53,63)(H,54,64)(H,55,56)/t42-,43-,44+,45+/m0/s1. The van der Waals surface area contributed by atoms with Crippen molar-refractivity contribution in [2.24, 2.45) is 0 Å². The number of nitrogens with zero attached hydrogens (tertiary/aromatic N) is 6. The summed E-state index contributed by atoms with van der Waals surface area (Å²) in [5.74, 6) is 6.91. The number of hydrogen-bond acceptors (Lipinski definition) is 6. The van der Waals surface area contributed by atoms with E-state index in [1.165, 1.54) is 9.80 Å². The first-order valence-corrected chi connectivity index (χ1v) is 21.5. The molecule has 2 fully saturated rings. The molecule has 2 aromatic heterocycles. The molecule has 0 saturated carbocycles. The van der Waals surface area contributed by atoms with Gasteiger partial charge in [-0.3, -0.25) is 14.7 Å². The summed E-state index contributed by atoms with van der Waals surface area (Å²) in [5, 5.41) is 13.6. The normalized spacial score (nSPS) is 16.6. The lowest BCUT2D eigenvalue weighted by Crippen LogP contribution is -2.45. The molecular weight excluding hydrogens is 805 g/mol. The van der Waals surface area contributed by atoms with Gasteiger partial charge in [-0.2, -0.15) is 5.10 Å². The van der Waals surface area contributed by atoms with Crippen LogP contribution in [0.25, 0.3) is 22.5 Å². The minimum absolute atomic E-state index is 0.156. The van der Waals surface area contributed by atoms with E-state index in [0.29, 0.717) is 18.9 Å². The van der Waals surface area contributed by atoms with E-state index in [-0.39, 0.29) is 36.0 Å². The smallest absolute Gasteiger partial charge is 0.317 e. The largest absolute Gasteiger partial charge is 0.340 e. The number of urea groups is 2. The number of aromatic amines is 2. The van der Waals surface area contributed by atoms with Gasteiger partial charge in [-0.1, -0.05) is 96.8 Å². The summed E-state index contributed by atoms with van der Waals surface area (Å²) in [7, 11) is 6.61. The van der Waals surface area contributed by atoms with Gasteiger partial charge < -0.3 is 35.2 Å². The van der Waals surface area contributed by atoms with Gasteiger partial charge in [0.15, 0.2) is 0 Å². The zero-order chi connectivity index (χ0) is 44.7. The highest BCUT2D eigenvalue weighted by molar-refractivity contribution is 5.89. The van der Waals surface area contributed by atoms with E-state index in [1.807, 2.05) is 125 Å². The van der Waals surface area contributed by atoms with Crippen LogP contribution in [0.5, 0.6) is 0 Å². The van der Waals surface area contributed by atoms with Crippen LogP contribution in [0.15, 0.2) is 121 Å². The third-order valence-electron chi connectivity index (χ3n) is 11.8. The number of likely N-dealkylation sites (tertiary alicyclic amines) is 2. The number of benzene rings is 4. The van der Waals surface area contributed by atoms with Crippen molar-refractivity contribution < 1.29 is 19.2 Å². The molecule has 0 radical (unpaired) electrons. The molecule has 326 valence electrons. The SMILES string of the molecule is CN(C)C(=O)N[C@@H](C(=O)N1CCC[C@H]1c1cc(-c2ccc(C#Cc3ccc(-c4cnc([C@@H]5CCCN5C(=O)[C@H](NC(=O)N(C)C)c5ccccc5)[nH]4)cc3)cc2)n[nH]1)c1ccccc1. The third kappa shape index (κ3) is 9.53. The molecule has 2 aliphatic rings. The van der Waals surface area contributed by atoms with E-state index < -0.39 is 12.1 Å². The quantitative estimate of drug-likeness (QED) is 0.106. The van der Waals surface area contributed by atoms with Crippen molar-refractivity contribution in [2.45, 2.75) is 49.9 Å². The average molecular weight is 857 g/mol. The van der Waals surface area contributed by atoms with Crippen LogP contribution in [0.1, 0.15) is 83.6 Å². The molecule has 8 rings (SSSR count). The Morgan fingerprint density at radius 2 is 1.14 bits per heavy atom. The molecule has 0 bridgehead atoms. The molecule has 4 N–H and O–H groups in total. The summed E-state index contributed by atoms with van der Waals surface area (Å²) in [6, 6.07) is 33.8. The minimum Gasteiger partial charge on any atom is -0.340 e. The van der Waals surface area contributed by atoms with Crippen LogP contribution in [-0.2, 0) is 9.59 Å². The zero-order valence-corrected chi connectivity index (χ0v) is 36.4. The van der Waals surface area contributed by atoms with E-state index in [0.717, 1.165) is 76.1 Å². The van der Waals surface area contributed by atoms with Crippen LogP contribution < -0.4 is 10.6 Å². The summed E-state index contributed by atoms with van der Waals surface area (Å²) in [6.45, 7) is 1.15. The van der Waals surface area contributed by atoms with Crippen LogP contribution in [0.3, 0.4) is 0 Å². The predicted molar refractivity (Wildman–Crippen MR) is 244 cm³/mol. The zero-order valence-electron chi connectivity index (χ0n) is 36.4. The molecule has 2 aliphatic heterocycles. The van der Waals surface area contributed by atoms with Crippen molar-refractivity contribution in [3.8, 4) is 34.4 Å². The van der Waals surface area contributed by atoms with Crippen LogP contribution >= 0.6 is 0 Å². The number of hydrogen-bond donors (Lipinski definition) is 4. The van der Waals surface area contributed by atoms with Gasteiger partial charge in [0.25, 0.3) is 0 Å². The molecule has 0 spiro atoms. The van der Waals surface area contributed by atoms with Gasteiger partial charge in [-0.15, -0.1) is 0 Å². The van der Waals surface area contributed by atoms with Crippen LogP contribution in [0.4, 0.5) is 9.59 Å². The fourth-order valence-corrected chi connectivity index (χ4v) is 8.28. The van der Waals surface area contributed by atoms with Crippen molar-refractivity contribution in [1.82, 2.24) is 50.4 Å². The maximum atomic E-state index is 14.0. The molecule has 4 atom stereocenters. The highest BCUT2D eigenvalue weighted by Gasteiger charge is 2.38. The molecule has 4 aromatic carbocycles. The van der Waals surface area contributed by atoms with Crippen molar-refractivity contribution in [1.29, 1.82) is 0 Å². The Morgan fingerprint density at radius 3 is 1.66 bits per heavy atom. The van der Waals surface area contributed by atoms with E-state index in [9.17, 15) is 19.2 Å². The van der Waals surface area contributed by atoms with E-state index in [4.69, 9.17) is 4.98 Å². The number of amides is 6. The summed E-state index contributed by atoms with van der Waals surface area (Å²) in [4.78, 5) is 68.1. The van der Waals surface area contributed by atoms with Gasteiger partial charge in [0.05, 0.1) is 35.4 Å². The summed E-state index contributed by atoms with van der Waals surface area (Å²) in [6.07, 6.45) is 5.01. The van der Waals surface area contributed by atoms with Crippen molar-refractivity contribution in [3.05, 3.63) is 155 Å². The molecule has 64 heavy (non-hydrogen) atoms. The molecule has 14 nitrogen and oxygen atoms in total. The Kier molecular flexibility index (Phi) is 12.9. The van der Waals surface area contributed by atoms with Crippen molar-refractivity contribution in [3.63, 3.8) is 0 Å². The third-order valence-corrected chi connectivity index (χ3v) is 11.8. The Bertz CT molecular complexity index is 2470. The number of aromatic nitrogens is 4. The van der Waals surface area contributed by atoms with Gasteiger partial charge in [0.2, 0.25) is 11.8 Å². The molecule has 0 aliphatic carbocycles. The minimum atomic E-state index is -0.818. The topological polar surface area (TPSA) is 163 Å². The van der Waals surface area contributed by atoms with Crippen LogP contribution in [0.2, 0.25) is 0 Å². The summed E-state index contributed by atoms with van der Waals surface area (Å²) >= 11 is 0. The molecule has 2 saturated heterocycles. The second-order valence-electron chi connectivity index (χ2n) is 16.5. The Morgan fingerprint density at radius 1 is 0.656 bits per heavy atom. The first-order chi connectivity index (χ1) is 31.0. The average Bonchev–Trinajstić information content (AvgIpc) is 4.17. The Hall–Kier alpha value is -7.66. The first-order valence-electron chi connectivity index (χ1n) is 21.5. The van der Waals surface area contributed by atoms with Crippen LogP contribution in [0, 0.1) is 11.8 Å². The number of carbonyl (C=O) groups is 4. The van der Waals surface area contributed by atoms with Gasteiger partial charge >= 0.3 is 12.1 Å². The molecule has 14 heteroatoms. The maximum Gasteiger partial charge on any atom is 0.317 e. The molecule has 4 heterocycles. The number of H-pyrrole nitrogens is 2. The lowest BCUT2D eigenvalue weighted by molar-refractivity contribution is -0.135. The Balaban J connectivity index is 0.902. The van der Waals surface area contributed by atoms with E-state index in [1.54, 1.807) is 34.4 Å². The number of rotatable bonds is 10. The lowest BCUT2D eigenvalue weighted by atomic mass is 10.0. The lowest BCUT2D eigenvalue weighted by Gasteiger charge is -2.29. The molecule has 0 unspecified atom stereocenters. The number of imidazole rings is 1. The fraction of sp³-hybridized carbons (Fsp3) is 0.280. The van der Waals surface area contributed by atoms with Gasteiger partial charge in [0.1, 0.15) is 17.9 Å².